The summed E-state index contributed by atoms with van der Waals surface area (Å²) in [6.07, 6.45) is -1.40. The largest absolute Gasteiger partial charge is 0.481 e. The first kappa shape index (κ1) is 29.3. The molecule has 0 aromatic rings. The van der Waals surface area contributed by atoms with Crippen molar-refractivity contribution in [3.63, 3.8) is 0 Å². The Morgan fingerprint density at radius 3 is 1.75 bits per heavy atom. The molecule has 0 spiro atoms. The molecule has 32 heavy (non-hydrogen) atoms. The van der Waals surface area contributed by atoms with Crippen LogP contribution in [-0.4, -0.2) is 75.3 Å². The van der Waals surface area contributed by atoms with Crippen LogP contribution >= 0.6 is 0 Å². The summed E-state index contributed by atoms with van der Waals surface area (Å²) >= 11 is 0. The Balaban J connectivity index is 5.49. The minimum absolute atomic E-state index is 0.0315. The number of amides is 3. The summed E-state index contributed by atoms with van der Waals surface area (Å²) in [4.78, 5) is 59.9. The SMILES string of the molecule is CCC(C)C(NC(=O)C(N)CC(=O)O)C(=O)NC(C(=O)NC(CC(C)C)C(=O)O)C(C)O. The van der Waals surface area contributed by atoms with Gasteiger partial charge < -0.3 is 37.0 Å². The minimum Gasteiger partial charge on any atom is -0.481 e. The highest BCUT2D eigenvalue weighted by molar-refractivity contribution is 5.95. The normalized spacial score (nSPS) is 16.8. The van der Waals surface area contributed by atoms with E-state index in [0.29, 0.717) is 6.42 Å². The average Bonchev–Trinajstić information content (AvgIpc) is 2.67. The monoisotopic (exact) mass is 460 g/mol. The number of carboxylic acids is 2. The van der Waals surface area contributed by atoms with Gasteiger partial charge in [-0.2, -0.15) is 0 Å². The fraction of sp³-hybridized carbons (Fsp3) is 0.750. The summed E-state index contributed by atoms with van der Waals surface area (Å²) in [5, 5.41) is 35.2. The third-order valence-corrected chi connectivity index (χ3v) is 4.91. The van der Waals surface area contributed by atoms with Crippen molar-refractivity contribution in [2.75, 3.05) is 0 Å². The van der Waals surface area contributed by atoms with Crippen LogP contribution in [-0.2, 0) is 24.0 Å². The molecule has 0 aromatic heterocycles. The van der Waals surface area contributed by atoms with Crippen molar-refractivity contribution in [2.45, 2.75) is 84.2 Å². The number of hydrogen-bond donors (Lipinski definition) is 7. The van der Waals surface area contributed by atoms with Crippen molar-refractivity contribution < 1.29 is 39.3 Å². The Bertz CT molecular complexity index is 683. The van der Waals surface area contributed by atoms with Crippen molar-refractivity contribution in [1.29, 1.82) is 0 Å². The van der Waals surface area contributed by atoms with E-state index in [-0.39, 0.29) is 12.3 Å². The maximum atomic E-state index is 12.9. The van der Waals surface area contributed by atoms with E-state index in [4.69, 9.17) is 10.8 Å². The Kier molecular flexibility index (Phi) is 12.5. The topological polar surface area (TPSA) is 208 Å². The van der Waals surface area contributed by atoms with Gasteiger partial charge in [-0.3, -0.25) is 19.2 Å². The zero-order valence-corrected chi connectivity index (χ0v) is 19.1. The van der Waals surface area contributed by atoms with Gasteiger partial charge in [-0.15, -0.1) is 0 Å². The second-order valence-electron chi connectivity index (χ2n) is 8.33. The highest BCUT2D eigenvalue weighted by atomic mass is 16.4. The zero-order valence-electron chi connectivity index (χ0n) is 19.1. The van der Waals surface area contributed by atoms with E-state index in [2.05, 4.69) is 16.0 Å². The molecule has 0 heterocycles. The molecular weight excluding hydrogens is 424 g/mol. The first-order valence-electron chi connectivity index (χ1n) is 10.5. The Morgan fingerprint density at radius 1 is 0.844 bits per heavy atom. The van der Waals surface area contributed by atoms with Crippen LogP contribution in [0.4, 0.5) is 0 Å². The third kappa shape index (κ3) is 10.1. The Labute approximate surface area is 187 Å². The van der Waals surface area contributed by atoms with Crippen LogP contribution in [0.3, 0.4) is 0 Å². The van der Waals surface area contributed by atoms with E-state index in [0.717, 1.165) is 0 Å². The molecular formula is C20H36N4O8. The maximum Gasteiger partial charge on any atom is 0.326 e. The smallest absolute Gasteiger partial charge is 0.326 e. The number of aliphatic hydroxyl groups excluding tert-OH is 1. The lowest BCUT2D eigenvalue weighted by atomic mass is 9.97. The molecule has 0 saturated heterocycles. The van der Waals surface area contributed by atoms with Crippen LogP contribution in [0.1, 0.15) is 53.9 Å². The number of nitrogens with one attached hydrogen (secondary N) is 3. The van der Waals surface area contributed by atoms with E-state index < -0.39 is 72.3 Å². The molecule has 0 aliphatic heterocycles. The number of nitrogens with two attached hydrogens (primary N) is 1. The van der Waals surface area contributed by atoms with E-state index in [1.807, 2.05) is 0 Å². The first-order valence-corrected chi connectivity index (χ1v) is 10.5. The van der Waals surface area contributed by atoms with Crippen LogP contribution in [0.15, 0.2) is 0 Å². The lowest BCUT2D eigenvalue weighted by Crippen LogP contribution is -2.61. The molecule has 6 atom stereocenters. The van der Waals surface area contributed by atoms with Gasteiger partial charge in [0.2, 0.25) is 17.7 Å². The highest BCUT2D eigenvalue weighted by Gasteiger charge is 2.34. The number of carbonyl (C=O) groups is 5. The zero-order chi connectivity index (χ0) is 25.2. The lowest BCUT2D eigenvalue weighted by Gasteiger charge is -2.29. The summed E-state index contributed by atoms with van der Waals surface area (Å²) < 4.78 is 0. The fourth-order valence-electron chi connectivity index (χ4n) is 2.85. The average molecular weight is 461 g/mol. The molecule has 0 aromatic carbocycles. The molecule has 12 nitrogen and oxygen atoms in total. The molecule has 0 rings (SSSR count). The minimum atomic E-state index is -1.48. The van der Waals surface area contributed by atoms with Gasteiger partial charge in [-0.1, -0.05) is 34.1 Å². The molecule has 12 heteroatoms. The predicted molar refractivity (Wildman–Crippen MR) is 114 cm³/mol. The van der Waals surface area contributed by atoms with Gasteiger partial charge in [0.1, 0.15) is 18.1 Å². The van der Waals surface area contributed by atoms with Crippen molar-refractivity contribution in [3.8, 4) is 0 Å². The van der Waals surface area contributed by atoms with Crippen LogP contribution in [0.25, 0.3) is 0 Å². The van der Waals surface area contributed by atoms with E-state index >= 15 is 0 Å². The molecule has 184 valence electrons. The number of aliphatic hydroxyl groups is 1. The van der Waals surface area contributed by atoms with Crippen molar-refractivity contribution in [3.05, 3.63) is 0 Å². The predicted octanol–water partition coefficient (Wildman–Crippen LogP) is -1.20. The van der Waals surface area contributed by atoms with Crippen LogP contribution in [0.5, 0.6) is 0 Å². The summed E-state index contributed by atoms with van der Waals surface area (Å²) in [6, 6.07) is -5.23. The van der Waals surface area contributed by atoms with Crippen molar-refractivity contribution in [2.24, 2.45) is 17.6 Å². The van der Waals surface area contributed by atoms with Crippen molar-refractivity contribution >= 4 is 29.7 Å². The van der Waals surface area contributed by atoms with Gasteiger partial charge >= 0.3 is 11.9 Å². The standard InChI is InChI=1S/C20H36N4O8/c1-6-10(4)15(23-17(28)12(21)8-14(26)27)18(29)24-16(11(5)25)19(30)22-13(20(31)32)7-9(2)3/h9-13,15-16,25H,6-8,21H2,1-5H3,(H,22,30)(H,23,28)(H,24,29)(H,26,27)(H,31,32). The Hall–Kier alpha value is -2.73. The van der Waals surface area contributed by atoms with Gasteiger partial charge in [0.15, 0.2) is 0 Å². The van der Waals surface area contributed by atoms with Gasteiger partial charge in [-0.25, -0.2) is 4.79 Å². The lowest BCUT2D eigenvalue weighted by molar-refractivity contribution is -0.143. The fourth-order valence-corrected chi connectivity index (χ4v) is 2.85. The van der Waals surface area contributed by atoms with Crippen LogP contribution in [0, 0.1) is 11.8 Å². The van der Waals surface area contributed by atoms with Gasteiger partial charge in [0.05, 0.1) is 18.6 Å². The molecule has 0 aliphatic carbocycles. The third-order valence-electron chi connectivity index (χ3n) is 4.91. The second-order valence-corrected chi connectivity index (χ2v) is 8.33. The second kappa shape index (κ2) is 13.6. The number of hydrogen-bond acceptors (Lipinski definition) is 7. The van der Waals surface area contributed by atoms with Gasteiger partial charge in [-0.05, 0) is 25.2 Å². The van der Waals surface area contributed by atoms with Crippen LogP contribution < -0.4 is 21.7 Å². The highest BCUT2D eigenvalue weighted by Crippen LogP contribution is 2.10. The Morgan fingerprint density at radius 2 is 1.34 bits per heavy atom. The van der Waals surface area contributed by atoms with Gasteiger partial charge in [0.25, 0.3) is 0 Å². The number of carbonyl (C=O) groups excluding carboxylic acids is 3. The maximum absolute atomic E-state index is 12.9. The molecule has 0 radical (unpaired) electrons. The van der Waals surface area contributed by atoms with Crippen LogP contribution in [0.2, 0.25) is 0 Å². The molecule has 8 N–H and O–H groups in total. The molecule has 0 bridgehead atoms. The molecule has 0 fully saturated rings. The molecule has 3 amide bonds. The quantitative estimate of drug-likeness (QED) is 0.166. The van der Waals surface area contributed by atoms with Crippen molar-refractivity contribution in [1.82, 2.24) is 16.0 Å². The van der Waals surface area contributed by atoms with E-state index in [1.54, 1.807) is 27.7 Å². The van der Waals surface area contributed by atoms with Gasteiger partial charge in [0, 0.05) is 0 Å². The molecule has 6 unspecified atom stereocenters. The number of aliphatic carboxylic acids is 2. The number of carboxylic acid groups (broad SMARTS) is 2. The van der Waals surface area contributed by atoms with E-state index in [1.165, 1.54) is 6.92 Å². The molecule has 0 aliphatic rings. The summed E-state index contributed by atoms with van der Waals surface area (Å²) in [5.74, 6) is -5.52. The first-order chi connectivity index (χ1) is 14.7. The summed E-state index contributed by atoms with van der Waals surface area (Å²) in [5.41, 5.74) is 5.54. The number of rotatable bonds is 14. The summed E-state index contributed by atoms with van der Waals surface area (Å²) in [7, 11) is 0. The molecule has 0 saturated carbocycles. The summed E-state index contributed by atoms with van der Waals surface area (Å²) in [6.45, 7) is 8.24. The van der Waals surface area contributed by atoms with E-state index in [9.17, 15) is 34.2 Å².